The normalized spacial score (nSPS) is 19.1. The molecule has 120 valence electrons. The van der Waals surface area contributed by atoms with Crippen LogP contribution in [-0.4, -0.2) is 39.7 Å². The zero-order valence-electron chi connectivity index (χ0n) is 12.3. The highest BCUT2D eigenvalue weighted by atomic mass is 32.1. The van der Waals surface area contributed by atoms with Gasteiger partial charge in [-0.3, -0.25) is 9.69 Å². The summed E-state index contributed by atoms with van der Waals surface area (Å²) < 4.78 is 28.1. The van der Waals surface area contributed by atoms with Crippen LogP contribution in [0.15, 0.2) is 23.0 Å². The summed E-state index contributed by atoms with van der Waals surface area (Å²) in [5.74, 6) is 0. The summed E-state index contributed by atoms with van der Waals surface area (Å²) in [5, 5.41) is 9.79. The van der Waals surface area contributed by atoms with E-state index in [1.165, 1.54) is 11.3 Å². The van der Waals surface area contributed by atoms with E-state index >= 15 is 0 Å². The van der Waals surface area contributed by atoms with E-state index in [-0.39, 0.29) is 17.7 Å². The predicted molar refractivity (Wildman–Crippen MR) is 82.5 cm³/mol. The smallest absolute Gasteiger partial charge is 0.307 e. The second kappa shape index (κ2) is 5.72. The van der Waals surface area contributed by atoms with Crippen LogP contribution < -0.4 is 4.87 Å². The van der Waals surface area contributed by atoms with Crippen molar-refractivity contribution in [2.75, 3.05) is 13.1 Å². The Kier molecular flexibility index (Phi) is 4.05. The van der Waals surface area contributed by atoms with E-state index in [1.54, 1.807) is 11.6 Å². The van der Waals surface area contributed by atoms with Gasteiger partial charge < -0.3 is 9.67 Å². The molecule has 0 spiro atoms. The van der Waals surface area contributed by atoms with Crippen LogP contribution in [0.1, 0.15) is 18.4 Å². The van der Waals surface area contributed by atoms with Gasteiger partial charge in [0.2, 0.25) is 0 Å². The minimum atomic E-state index is -2.69. The van der Waals surface area contributed by atoms with Crippen LogP contribution in [-0.2, 0) is 13.6 Å². The van der Waals surface area contributed by atoms with Gasteiger partial charge in [-0.05, 0) is 30.5 Å². The number of rotatable bonds is 3. The molecule has 1 fully saturated rings. The Hall–Kier alpha value is -1.31. The molecule has 2 aromatic rings. The number of benzene rings is 1. The van der Waals surface area contributed by atoms with Crippen molar-refractivity contribution in [3.05, 3.63) is 33.4 Å². The summed E-state index contributed by atoms with van der Waals surface area (Å²) in [4.78, 5) is 13.7. The van der Waals surface area contributed by atoms with Crippen LogP contribution in [0.5, 0.6) is 0 Å². The van der Waals surface area contributed by atoms with Gasteiger partial charge in [0.05, 0.1) is 10.2 Å². The van der Waals surface area contributed by atoms with Crippen molar-refractivity contribution < 1.29 is 13.9 Å². The van der Waals surface area contributed by atoms with Gasteiger partial charge in [0.15, 0.2) is 0 Å². The van der Waals surface area contributed by atoms with Crippen molar-refractivity contribution in [1.82, 2.24) is 9.47 Å². The molecule has 2 heterocycles. The lowest BCUT2D eigenvalue weighted by Crippen LogP contribution is -2.48. The number of alkyl halides is 2. The zero-order chi connectivity index (χ0) is 15.9. The number of thiazole rings is 1. The van der Waals surface area contributed by atoms with Gasteiger partial charge in [0, 0.05) is 26.7 Å². The third kappa shape index (κ3) is 2.80. The number of fused-ring (bicyclic) bond motifs is 1. The topological polar surface area (TPSA) is 45.5 Å². The fourth-order valence-corrected chi connectivity index (χ4v) is 3.79. The number of aromatic nitrogens is 1. The highest BCUT2D eigenvalue weighted by Crippen LogP contribution is 2.29. The molecule has 0 unspecified atom stereocenters. The second-order valence-electron chi connectivity index (χ2n) is 5.91. The van der Waals surface area contributed by atoms with Crippen LogP contribution in [0, 0.1) is 0 Å². The molecule has 1 N–H and O–H groups in total. The first-order valence-electron chi connectivity index (χ1n) is 7.20. The maximum absolute atomic E-state index is 12.8. The zero-order valence-corrected chi connectivity index (χ0v) is 13.1. The largest absolute Gasteiger partial charge is 0.384 e. The minimum Gasteiger partial charge on any atom is -0.384 e. The summed E-state index contributed by atoms with van der Waals surface area (Å²) >= 11 is 1.21. The summed E-state index contributed by atoms with van der Waals surface area (Å²) in [6, 6.07) is 5.86. The van der Waals surface area contributed by atoms with Crippen molar-refractivity contribution in [3.8, 4) is 0 Å². The lowest BCUT2D eigenvalue weighted by molar-refractivity contribution is -0.127. The van der Waals surface area contributed by atoms with Crippen LogP contribution in [0.3, 0.4) is 0 Å². The Morgan fingerprint density at radius 3 is 2.68 bits per heavy atom. The van der Waals surface area contributed by atoms with E-state index in [1.807, 2.05) is 18.2 Å². The molecule has 0 saturated carbocycles. The predicted octanol–water partition coefficient (Wildman–Crippen LogP) is 2.19. The molecule has 0 bridgehead atoms. The third-order valence-corrected chi connectivity index (χ3v) is 5.39. The molecule has 3 rings (SSSR count). The van der Waals surface area contributed by atoms with Gasteiger partial charge in [0.25, 0.3) is 6.43 Å². The first kappa shape index (κ1) is 15.6. The first-order valence-corrected chi connectivity index (χ1v) is 8.02. The molecular weight excluding hydrogens is 310 g/mol. The van der Waals surface area contributed by atoms with E-state index < -0.39 is 12.0 Å². The molecule has 1 aromatic carbocycles. The number of aryl methyl sites for hydroxylation is 1. The Morgan fingerprint density at radius 1 is 1.36 bits per heavy atom. The highest BCUT2D eigenvalue weighted by Gasteiger charge is 2.40. The molecule has 0 amide bonds. The fourth-order valence-electron chi connectivity index (χ4n) is 2.85. The summed E-state index contributed by atoms with van der Waals surface area (Å²) in [5.41, 5.74) is 0.126. The van der Waals surface area contributed by atoms with Crippen molar-refractivity contribution in [2.45, 2.75) is 31.4 Å². The van der Waals surface area contributed by atoms with Crippen molar-refractivity contribution in [2.24, 2.45) is 7.05 Å². The van der Waals surface area contributed by atoms with E-state index in [4.69, 9.17) is 0 Å². The number of likely N-dealkylation sites (tertiary alicyclic amines) is 1. The number of hydrogen-bond acceptors (Lipinski definition) is 4. The molecule has 7 heteroatoms. The molecule has 1 aromatic heterocycles. The molecule has 1 aliphatic heterocycles. The second-order valence-corrected chi connectivity index (χ2v) is 6.90. The molecule has 0 radical (unpaired) electrons. The maximum atomic E-state index is 12.8. The number of hydrogen-bond donors (Lipinski definition) is 1. The molecule has 0 atom stereocenters. The average molecular weight is 328 g/mol. The maximum Gasteiger partial charge on any atom is 0.307 e. The van der Waals surface area contributed by atoms with Gasteiger partial charge in [-0.2, -0.15) is 0 Å². The molecular formula is C15H18F2N2O2S. The van der Waals surface area contributed by atoms with E-state index in [0.717, 1.165) is 15.8 Å². The Balaban J connectivity index is 1.71. The SMILES string of the molecule is Cn1c(=O)sc2cc(CN3CCC(O)(C(F)F)CC3)ccc21. The van der Waals surface area contributed by atoms with Gasteiger partial charge in [-0.1, -0.05) is 17.4 Å². The van der Waals surface area contributed by atoms with Gasteiger partial charge in [0.1, 0.15) is 5.60 Å². The molecule has 4 nitrogen and oxygen atoms in total. The van der Waals surface area contributed by atoms with Crippen LogP contribution in [0.4, 0.5) is 8.78 Å². The number of nitrogens with zero attached hydrogens (tertiary/aromatic N) is 2. The van der Waals surface area contributed by atoms with Gasteiger partial charge >= 0.3 is 4.87 Å². The average Bonchev–Trinajstić information content (AvgIpc) is 2.76. The van der Waals surface area contributed by atoms with Crippen LogP contribution in [0.2, 0.25) is 0 Å². The van der Waals surface area contributed by atoms with E-state index in [2.05, 4.69) is 4.90 Å². The first-order chi connectivity index (χ1) is 10.4. The number of halogens is 2. The lowest BCUT2D eigenvalue weighted by Gasteiger charge is -2.37. The van der Waals surface area contributed by atoms with Gasteiger partial charge in [-0.15, -0.1) is 0 Å². The summed E-state index contributed by atoms with van der Waals surface area (Å²) in [6.07, 6.45) is -2.51. The van der Waals surface area contributed by atoms with Crippen molar-refractivity contribution in [1.29, 1.82) is 0 Å². The number of piperidine rings is 1. The Morgan fingerprint density at radius 2 is 2.05 bits per heavy atom. The third-order valence-electron chi connectivity index (χ3n) is 4.39. The molecule has 0 aliphatic carbocycles. The van der Waals surface area contributed by atoms with Crippen LogP contribution >= 0.6 is 11.3 Å². The summed E-state index contributed by atoms with van der Waals surface area (Å²) in [7, 11) is 1.75. The van der Waals surface area contributed by atoms with E-state index in [9.17, 15) is 18.7 Å². The van der Waals surface area contributed by atoms with Gasteiger partial charge in [-0.25, -0.2) is 8.78 Å². The van der Waals surface area contributed by atoms with E-state index in [0.29, 0.717) is 19.6 Å². The highest BCUT2D eigenvalue weighted by molar-refractivity contribution is 7.16. The fraction of sp³-hybridized carbons (Fsp3) is 0.533. The lowest BCUT2D eigenvalue weighted by atomic mass is 9.92. The van der Waals surface area contributed by atoms with Crippen molar-refractivity contribution in [3.63, 3.8) is 0 Å². The molecule has 1 aliphatic rings. The number of aliphatic hydroxyl groups is 1. The molecule has 22 heavy (non-hydrogen) atoms. The van der Waals surface area contributed by atoms with Crippen molar-refractivity contribution >= 4 is 21.6 Å². The standard InChI is InChI=1S/C15H18F2N2O2S/c1-18-11-3-2-10(8-12(11)22-14(18)20)9-19-6-4-15(21,5-7-19)13(16)17/h2-3,8,13,21H,4-7,9H2,1H3. The monoisotopic (exact) mass is 328 g/mol. The Labute approximate surface area is 130 Å². The Bertz CT molecular complexity index is 733. The summed E-state index contributed by atoms with van der Waals surface area (Å²) in [6.45, 7) is 1.54. The van der Waals surface area contributed by atoms with Crippen LogP contribution in [0.25, 0.3) is 10.2 Å². The minimum absolute atomic E-state index is 0.00659. The molecule has 1 saturated heterocycles. The quantitative estimate of drug-likeness (QED) is 0.939.